The summed E-state index contributed by atoms with van der Waals surface area (Å²) in [5, 5.41) is 24.6. The van der Waals surface area contributed by atoms with E-state index >= 15 is 0 Å². The largest absolute Gasteiger partial charge is 0.506 e. The molecule has 4 heterocycles. The first-order valence-corrected chi connectivity index (χ1v) is 18.4. The Labute approximate surface area is 303 Å². The van der Waals surface area contributed by atoms with Crippen molar-refractivity contribution in [3.05, 3.63) is 106 Å². The SMILES string of the molecule is O=C(COc1cccc(C(CC(=O)O[C@H]2CN3CCC2CC3)c2ccccc2)c1)OCCCCCCNC[C@H](O)c1ccc(O)c2[nH]c(=O)ccc12. The van der Waals surface area contributed by atoms with Crippen molar-refractivity contribution in [1.82, 2.24) is 15.2 Å². The maximum atomic E-state index is 13.2. The van der Waals surface area contributed by atoms with Gasteiger partial charge in [0.25, 0.3) is 0 Å². The van der Waals surface area contributed by atoms with E-state index < -0.39 is 12.1 Å². The van der Waals surface area contributed by atoms with Crippen molar-refractivity contribution in [2.24, 2.45) is 5.92 Å². The number of hydrogen-bond acceptors (Lipinski definition) is 10. The number of benzene rings is 3. The lowest BCUT2D eigenvalue weighted by molar-refractivity contribution is -0.159. The van der Waals surface area contributed by atoms with Gasteiger partial charge in [0.1, 0.15) is 17.6 Å². The predicted molar refractivity (Wildman–Crippen MR) is 197 cm³/mol. The lowest BCUT2D eigenvalue weighted by Crippen LogP contribution is -2.52. The summed E-state index contributed by atoms with van der Waals surface area (Å²) in [4.78, 5) is 42.3. The number of aromatic nitrogens is 1. The lowest BCUT2D eigenvalue weighted by Gasteiger charge is -2.44. The van der Waals surface area contributed by atoms with Crippen molar-refractivity contribution in [2.45, 2.75) is 63.1 Å². The molecule has 2 bridgehead atoms. The minimum atomic E-state index is -0.799. The number of unbranched alkanes of at least 4 members (excludes halogenated alkanes) is 3. The number of aromatic hydroxyl groups is 1. The Balaban J connectivity index is 0.882. The summed E-state index contributed by atoms with van der Waals surface area (Å²) in [6, 6.07) is 23.6. The topological polar surface area (TPSA) is 150 Å². The van der Waals surface area contributed by atoms with Gasteiger partial charge in [0, 0.05) is 30.5 Å². The maximum absolute atomic E-state index is 13.2. The van der Waals surface area contributed by atoms with Crippen molar-refractivity contribution < 1.29 is 34.0 Å². The Morgan fingerprint density at radius 1 is 0.904 bits per heavy atom. The Morgan fingerprint density at radius 3 is 2.48 bits per heavy atom. The number of piperidine rings is 3. The standard InChI is InChI=1S/C41H49N3O8/c45-35-15-13-32(33-14-16-38(47)43-41(33)35)36(46)25-42-19-6-1-2-7-22-50-40(49)27-51-31-12-8-11-30(23-31)34(28-9-4-3-5-10-28)24-39(48)52-37-26-44-20-17-29(37)18-21-44/h3-5,8-16,23,29,34,36-37,42,45-46H,1-2,6-7,17-22,24-27H2,(H,43,47)/t34?,36-,37-/m0/s1. The normalized spacial score (nSPS) is 19.2. The van der Waals surface area contributed by atoms with Gasteiger partial charge in [-0.1, -0.05) is 61.4 Å². The molecule has 3 aliphatic heterocycles. The molecule has 4 aromatic rings. The van der Waals surface area contributed by atoms with Crippen molar-refractivity contribution in [1.29, 1.82) is 0 Å². The maximum Gasteiger partial charge on any atom is 0.344 e. The molecule has 276 valence electrons. The molecular formula is C41H49N3O8. The number of H-pyrrole nitrogens is 1. The summed E-state index contributed by atoms with van der Waals surface area (Å²) >= 11 is 0. The van der Waals surface area contributed by atoms with Crippen LogP contribution < -0.4 is 15.6 Å². The van der Waals surface area contributed by atoms with Crippen LogP contribution in [0.15, 0.2) is 83.7 Å². The second-order valence-corrected chi connectivity index (χ2v) is 13.8. The van der Waals surface area contributed by atoms with Crippen LogP contribution in [0.5, 0.6) is 11.5 Å². The quantitative estimate of drug-likeness (QED) is 0.0802. The number of phenolic OH excluding ortho intramolecular Hbond substituents is 1. The highest BCUT2D eigenvalue weighted by atomic mass is 16.6. The van der Waals surface area contributed by atoms with Gasteiger partial charge in [0.15, 0.2) is 6.61 Å². The van der Waals surface area contributed by atoms with Gasteiger partial charge in [0.2, 0.25) is 5.56 Å². The van der Waals surface area contributed by atoms with Crippen LogP contribution in [0.1, 0.15) is 73.7 Å². The number of carbonyl (C=O) groups excluding carboxylic acids is 2. The van der Waals surface area contributed by atoms with Crippen LogP contribution >= 0.6 is 0 Å². The van der Waals surface area contributed by atoms with Crippen molar-refractivity contribution in [3.63, 3.8) is 0 Å². The number of aliphatic hydroxyl groups excluding tert-OH is 1. The molecule has 3 aliphatic rings. The molecule has 52 heavy (non-hydrogen) atoms. The third-order valence-corrected chi connectivity index (χ3v) is 10.2. The molecule has 0 spiro atoms. The first-order chi connectivity index (χ1) is 25.3. The highest BCUT2D eigenvalue weighted by molar-refractivity contribution is 5.87. The number of fused-ring (bicyclic) bond motifs is 4. The second-order valence-electron chi connectivity index (χ2n) is 13.8. The van der Waals surface area contributed by atoms with Crippen molar-refractivity contribution in [2.75, 3.05) is 45.9 Å². The summed E-state index contributed by atoms with van der Waals surface area (Å²) < 4.78 is 17.2. The number of esters is 2. The Morgan fingerprint density at radius 2 is 1.69 bits per heavy atom. The molecule has 0 radical (unpaired) electrons. The first kappa shape index (κ1) is 37.1. The van der Waals surface area contributed by atoms with Gasteiger partial charge >= 0.3 is 11.9 Å². The lowest BCUT2D eigenvalue weighted by atomic mass is 9.85. The van der Waals surface area contributed by atoms with Crippen LogP contribution in [0.4, 0.5) is 0 Å². The van der Waals surface area contributed by atoms with Gasteiger partial charge in [-0.05, 0) is 92.2 Å². The molecule has 0 saturated carbocycles. The highest BCUT2D eigenvalue weighted by Gasteiger charge is 2.37. The number of hydrogen-bond donors (Lipinski definition) is 4. The number of pyridine rings is 1. The molecule has 3 saturated heterocycles. The predicted octanol–water partition coefficient (Wildman–Crippen LogP) is 5.20. The fourth-order valence-electron chi connectivity index (χ4n) is 7.34. The fourth-order valence-corrected chi connectivity index (χ4v) is 7.34. The van der Waals surface area contributed by atoms with Crippen LogP contribution in [-0.4, -0.2) is 84.1 Å². The summed E-state index contributed by atoms with van der Waals surface area (Å²) in [6.07, 6.45) is 5.00. The summed E-state index contributed by atoms with van der Waals surface area (Å²) in [5.74, 6) is 0.102. The zero-order valence-electron chi connectivity index (χ0n) is 29.5. The van der Waals surface area contributed by atoms with E-state index in [1.54, 1.807) is 18.2 Å². The minimum absolute atomic E-state index is 0.0367. The van der Waals surface area contributed by atoms with E-state index in [1.807, 2.05) is 48.5 Å². The van der Waals surface area contributed by atoms with E-state index in [-0.39, 0.29) is 42.3 Å². The molecule has 3 aromatic carbocycles. The highest BCUT2D eigenvalue weighted by Crippen LogP contribution is 2.34. The van der Waals surface area contributed by atoms with Crippen molar-refractivity contribution in [3.8, 4) is 11.5 Å². The van der Waals surface area contributed by atoms with Gasteiger partial charge in [-0.2, -0.15) is 0 Å². The van der Waals surface area contributed by atoms with Crippen LogP contribution in [-0.2, 0) is 19.1 Å². The summed E-state index contributed by atoms with van der Waals surface area (Å²) in [6.45, 7) is 4.15. The Kier molecular flexibility index (Phi) is 12.9. The molecule has 3 fully saturated rings. The van der Waals surface area contributed by atoms with Crippen LogP contribution in [0.3, 0.4) is 0 Å². The molecule has 7 rings (SSSR count). The van der Waals surface area contributed by atoms with E-state index in [9.17, 15) is 24.6 Å². The number of carbonyl (C=O) groups is 2. The number of ether oxygens (including phenoxy) is 3. The molecule has 11 heteroatoms. The molecule has 4 N–H and O–H groups in total. The van der Waals surface area contributed by atoms with E-state index in [0.717, 1.165) is 69.3 Å². The monoisotopic (exact) mass is 711 g/mol. The van der Waals surface area contributed by atoms with Crippen LogP contribution in [0, 0.1) is 5.92 Å². The average Bonchev–Trinajstić information content (AvgIpc) is 3.16. The molecule has 0 amide bonds. The van der Waals surface area contributed by atoms with Crippen LogP contribution in [0.25, 0.3) is 10.9 Å². The van der Waals surface area contributed by atoms with Gasteiger partial charge < -0.3 is 34.7 Å². The molecule has 3 atom stereocenters. The van der Waals surface area contributed by atoms with E-state index in [4.69, 9.17) is 14.2 Å². The third-order valence-electron chi connectivity index (χ3n) is 10.2. The number of rotatable bonds is 18. The van der Waals surface area contributed by atoms with Gasteiger partial charge in [-0.15, -0.1) is 0 Å². The second kappa shape index (κ2) is 18.2. The molecule has 1 aromatic heterocycles. The van der Waals surface area contributed by atoms with E-state index in [2.05, 4.69) is 15.2 Å². The average molecular weight is 712 g/mol. The molecular weight excluding hydrogens is 662 g/mol. The summed E-state index contributed by atoms with van der Waals surface area (Å²) in [7, 11) is 0. The summed E-state index contributed by atoms with van der Waals surface area (Å²) in [5.41, 5.74) is 2.55. The molecule has 1 unspecified atom stereocenters. The minimum Gasteiger partial charge on any atom is -0.506 e. The molecule has 0 aliphatic carbocycles. The van der Waals surface area contributed by atoms with Crippen molar-refractivity contribution >= 4 is 22.8 Å². The Hall–Kier alpha value is -4.71. The number of aliphatic hydroxyl groups is 1. The number of nitrogens with zero attached hydrogens (tertiary/aromatic N) is 1. The van der Waals surface area contributed by atoms with Gasteiger partial charge in [-0.3, -0.25) is 14.5 Å². The van der Waals surface area contributed by atoms with E-state index in [1.165, 1.54) is 12.1 Å². The third kappa shape index (κ3) is 9.99. The fraction of sp³-hybridized carbons (Fsp3) is 0.439. The zero-order chi connectivity index (χ0) is 36.3. The zero-order valence-corrected chi connectivity index (χ0v) is 29.5. The number of nitrogens with one attached hydrogen (secondary N) is 2. The smallest absolute Gasteiger partial charge is 0.344 e. The van der Waals surface area contributed by atoms with Gasteiger partial charge in [0.05, 0.1) is 24.6 Å². The number of phenols is 1. The Bertz CT molecular complexity index is 1840. The van der Waals surface area contributed by atoms with Crippen LogP contribution in [0.2, 0.25) is 0 Å². The molecule has 11 nitrogen and oxygen atoms in total. The number of aromatic amines is 1. The van der Waals surface area contributed by atoms with E-state index in [0.29, 0.717) is 47.8 Å². The van der Waals surface area contributed by atoms with Gasteiger partial charge in [-0.25, -0.2) is 4.79 Å². The first-order valence-electron chi connectivity index (χ1n) is 18.4.